The molecule has 3 amide bonds. The molecule has 0 spiro atoms. The van der Waals surface area contributed by atoms with Gasteiger partial charge in [0, 0.05) is 36.9 Å². The van der Waals surface area contributed by atoms with Gasteiger partial charge in [-0.3, -0.25) is 19.2 Å². The molecule has 1 aromatic carbocycles. The highest BCUT2D eigenvalue weighted by atomic mass is 32.2. The number of ketones is 1. The minimum absolute atomic E-state index is 0.0971. The number of para-hydroxylation sites is 1. The van der Waals surface area contributed by atoms with Crippen LogP contribution in [0.25, 0.3) is 10.9 Å². The van der Waals surface area contributed by atoms with Crippen molar-refractivity contribution in [2.75, 3.05) is 12.0 Å². The van der Waals surface area contributed by atoms with E-state index in [0.717, 1.165) is 16.5 Å². The fourth-order valence-corrected chi connectivity index (χ4v) is 4.42. The summed E-state index contributed by atoms with van der Waals surface area (Å²) in [6.07, 6.45) is 4.10. The van der Waals surface area contributed by atoms with Crippen molar-refractivity contribution in [1.29, 1.82) is 5.41 Å². The van der Waals surface area contributed by atoms with Gasteiger partial charge in [0.1, 0.15) is 18.1 Å². The number of carbonyl (C=O) groups excluding carboxylic acids is 5. The van der Waals surface area contributed by atoms with Crippen LogP contribution in [0.3, 0.4) is 0 Å². The summed E-state index contributed by atoms with van der Waals surface area (Å²) >= 11 is 1.50. The van der Waals surface area contributed by atoms with Gasteiger partial charge in [0.2, 0.25) is 17.7 Å². The molecular formula is C27H37N5O6S. The lowest BCUT2D eigenvalue weighted by Gasteiger charge is -2.25. The van der Waals surface area contributed by atoms with Crippen molar-refractivity contribution in [2.24, 2.45) is 0 Å². The lowest BCUT2D eigenvalue weighted by molar-refractivity contribution is -0.151. The zero-order valence-electron chi connectivity index (χ0n) is 22.7. The molecule has 0 bridgehead atoms. The van der Waals surface area contributed by atoms with Crippen molar-refractivity contribution < 1.29 is 28.7 Å². The van der Waals surface area contributed by atoms with Gasteiger partial charge in [-0.2, -0.15) is 11.8 Å². The molecule has 0 aliphatic heterocycles. The van der Waals surface area contributed by atoms with Crippen LogP contribution in [0.4, 0.5) is 0 Å². The summed E-state index contributed by atoms with van der Waals surface area (Å²) < 4.78 is 5.28. The van der Waals surface area contributed by atoms with Crippen molar-refractivity contribution >= 4 is 58.4 Å². The molecule has 212 valence electrons. The molecule has 0 aliphatic carbocycles. The number of amides is 3. The first kappa shape index (κ1) is 31.5. The van der Waals surface area contributed by atoms with Gasteiger partial charge in [-0.15, -0.1) is 0 Å². The number of nitrogens with one attached hydrogen (secondary N) is 5. The van der Waals surface area contributed by atoms with Crippen LogP contribution in [-0.4, -0.2) is 76.9 Å². The molecule has 3 atom stereocenters. The second-order valence-electron chi connectivity index (χ2n) is 9.36. The topological polar surface area (TPSA) is 170 Å². The highest BCUT2D eigenvalue weighted by Gasteiger charge is 2.30. The number of H-pyrrole nitrogens is 1. The van der Waals surface area contributed by atoms with E-state index < -0.39 is 47.6 Å². The molecule has 0 radical (unpaired) electrons. The largest absolute Gasteiger partial charge is 0.461 e. The quantitative estimate of drug-likeness (QED) is 0.154. The maximum Gasteiger partial charge on any atom is 0.328 e. The molecule has 1 aromatic heterocycles. The van der Waals surface area contributed by atoms with Crippen LogP contribution < -0.4 is 16.0 Å². The summed E-state index contributed by atoms with van der Waals surface area (Å²) in [6, 6.07) is 4.40. The molecule has 1 heterocycles. The molecule has 2 rings (SSSR count). The highest BCUT2D eigenvalue weighted by Crippen LogP contribution is 2.19. The number of hydrogen-bond acceptors (Lipinski definition) is 8. The average molecular weight is 560 g/mol. The minimum Gasteiger partial charge on any atom is -0.461 e. The highest BCUT2D eigenvalue weighted by molar-refractivity contribution is 7.98. The zero-order valence-corrected chi connectivity index (χ0v) is 23.5. The Morgan fingerprint density at radius 2 is 1.67 bits per heavy atom. The van der Waals surface area contributed by atoms with Gasteiger partial charge in [-0.05, 0) is 50.3 Å². The van der Waals surface area contributed by atoms with Crippen molar-refractivity contribution in [3.63, 3.8) is 0 Å². The van der Waals surface area contributed by atoms with E-state index in [2.05, 4.69) is 20.9 Å². The number of thioether (sulfide) groups is 1. The number of benzene rings is 1. The third kappa shape index (κ3) is 10.2. The number of hydrogen-bond donors (Lipinski definition) is 5. The van der Waals surface area contributed by atoms with Gasteiger partial charge < -0.3 is 31.1 Å². The van der Waals surface area contributed by atoms with Crippen molar-refractivity contribution in [3.8, 4) is 0 Å². The molecule has 0 saturated carbocycles. The number of carbonyl (C=O) groups is 5. The standard InChI is InChI=1S/C27H37N5O6S/c1-16(2)38-27(37)23(11-12-39-4)32-25(35)22(10-9-19(34)14-28)31-26(36)24(30-17(3)33)13-18-15-29-21-8-6-5-7-20(18)21/h5-8,14-16,22-24,28-29H,9-13H2,1-4H3,(H,30,33)(H,31,36)(H,32,35)/t22-,23-,24-/m0/s1. The van der Waals surface area contributed by atoms with E-state index in [1.54, 1.807) is 20.0 Å². The second-order valence-corrected chi connectivity index (χ2v) is 10.3. The summed E-state index contributed by atoms with van der Waals surface area (Å²) in [6.45, 7) is 4.69. The summed E-state index contributed by atoms with van der Waals surface area (Å²) in [5, 5.41) is 16.0. The monoisotopic (exact) mass is 559 g/mol. The maximum absolute atomic E-state index is 13.4. The van der Waals surface area contributed by atoms with E-state index in [1.165, 1.54) is 18.7 Å². The molecule has 2 aromatic rings. The first-order chi connectivity index (χ1) is 18.5. The van der Waals surface area contributed by atoms with Crippen LogP contribution >= 0.6 is 11.8 Å². The van der Waals surface area contributed by atoms with Crippen LogP contribution in [0.1, 0.15) is 45.6 Å². The number of Topliss-reactive ketones (excluding diaryl/α,β-unsaturated/α-hetero) is 1. The molecule has 11 nitrogen and oxygen atoms in total. The van der Waals surface area contributed by atoms with Crippen LogP contribution in [0.5, 0.6) is 0 Å². The summed E-state index contributed by atoms with van der Waals surface area (Å²) in [5.74, 6) is -2.24. The molecule has 5 N–H and O–H groups in total. The van der Waals surface area contributed by atoms with Gasteiger partial charge in [0.05, 0.1) is 12.3 Å². The van der Waals surface area contributed by atoms with E-state index in [-0.39, 0.29) is 25.4 Å². The average Bonchev–Trinajstić information content (AvgIpc) is 3.30. The van der Waals surface area contributed by atoms with E-state index >= 15 is 0 Å². The first-order valence-electron chi connectivity index (χ1n) is 12.7. The van der Waals surface area contributed by atoms with E-state index in [4.69, 9.17) is 10.1 Å². The minimum atomic E-state index is -1.19. The number of aromatic amines is 1. The van der Waals surface area contributed by atoms with Crippen molar-refractivity contribution in [2.45, 2.75) is 70.7 Å². The predicted octanol–water partition coefficient (Wildman–Crippen LogP) is 1.89. The molecule has 0 unspecified atom stereocenters. The number of rotatable bonds is 16. The third-order valence-electron chi connectivity index (χ3n) is 5.83. The Labute approximate surface area is 232 Å². The first-order valence-corrected chi connectivity index (χ1v) is 14.1. The Kier molecular flexibility index (Phi) is 12.7. The Bertz CT molecular complexity index is 1180. The van der Waals surface area contributed by atoms with Crippen LogP contribution in [0.15, 0.2) is 30.5 Å². The number of aromatic nitrogens is 1. The predicted molar refractivity (Wildman–Crippen MR) is 151 cm³/mol. The van der Waals surface area contributed by atoms with E-state index in [1.807, 2.05) is 30.5 Å². The second kappa shape index (κ2) is 15.7. The smallest absolute Gasteiger partial charge is 0.328 e. The molecule has 0 aliphatic rings. The third-order valence-corrected chi connectivity index (χ3v) is 6.47. The SMILES string of the molecule is CSCC[C@H](NC(=O)[C@H](CCC(=O)C=N)NC(=O)[C@H](Cc1c[nH]c2ccccc12)NC(C)=O)C(=O)OC(C)C. The van der Waals surface area contributed by atoms with Gasteiger partial charge >= 0.3 is 5.97 Å². The number of ether oxygens (including phenoxy) is 1. The van der Waals surface area contributed by atoms with Gasteiger partial charge in [0.25, 0.3) is 0 Å². The van der Waals surface area contributed by atoms with Gasteiger partial charge in [-0.1, -0.05) is 18.2 Å². The molecule has 0 saturated heterocycles. The van der Waals surface area contributed by atoms with Gasteiger partial charge in [-0.25, -0.2) is 4.79 Å². The summed E-state index contributed by atoms with van der Waals surface area (Å²) in [4.78, 5) is 66.1. The van der Waals surface area contributed by atoms with E-state index in [9.17, 15) is 24.0 Å². The molecule has 39 heavy (non-hydrogen) atoms. The van der Waals surface area contributed by atoms with Crippen LogP contribution in [0.2, 0.25) is 0 Å². The molecule has 12 heteroatoms. The number of fused-ring (bicyclic) bond motifs is 1. The Morgan fingerprint density at radius 1 is 1.00 bits per heavy atom. The lowest BCUT2D eigenvalue weighted by atomic mass is 10.0. The fraction of sp³-hybridized carbons (Fsp3) is 0.481. The fourth-order valence-electron chi connectivity index (χ4n) is 3.95. The Hall–Kier alpha value is -3.67. The maximum atomic E-state index is 13.4. The lowest BCUT2D eigenvalue weighted by Crippen LogP contribution is -2.56. The van der Waals surface area contributed by atoms with Crippen molar-refractivity contribution in [3.05, 3.63) is 36.0 Å². The van der Waals surface area contributed by atoms with Gasteiger partial charge in [0.15, 0.2) is 5.78 Å². The molecular weight excluding hydrogens is 522 g/mol. The van der Waals surface area contributed by atoms with Crippen molar-refractivity contribution in [1.82, 2.24) is 20.9 Å². The van der Waals surface area contributed by atoms with Crippen LogP contribution in [-0.2, 0) is 35.1 Å². The Morgan fingerprint density at radius 3 is 2.31 bits per heavy atom. The Balaban J connectivity index is 2.25. The zero-order chi connectivity index (χ0) is 28.9. The number of esters is 1. The van der Waals surface area contributed by atoms with E-state index in [0.29, 0.717) is 18.4 Å². The summed E-state index contributed by atoms with van der Waals surface area (Å²) in [5.41, 5.74) is 1.68. The van der Waals surface area contributed by atoms with Crippen LogP contribution in [0, 0.1) is 5.41 Å². The molecule has 0 fully saturated rings. The summed E-state index contributed by atoms with van der Waals surface area (Å²) in [7, 11) is 0. The normalized spacial score (nSPS) is 13.3.